The highest BCUT2D eigenvalue weighted by molar-refractivity contribution is 5.85. The molecule has 2 heterocycles. The highest BCUT2D eigenvalue weighted by Crippen LogP contribution is 2.34. The summed E-state index contributed by atoms with van der Waals surface area (Å²) in [4.78, 5) is 16.8. The lowest BCUT2D eigenvalue weighted by Crippen LogP contribution is -2.12. The second-order valence-electron chi connectivity index (χ2n) is 8.46. The van der Waals surface area contributed by atoms with Crippen LogP contribution in [0.2, 0.25) is 0 Å². The van der Waals surface area contributed by atoms with Gasteiger partial charge in [0.15, 0.2) is 5.43 Å². The van der Waals surface area contributed by atoms with Gasteiger partial charge in [-0.1, -0.05) is 38.1 Å². The molecule has 0 aliphatic rings. The van der Waals surface area contributed by atoms with Gasteiger partial charge in [0.25, 0.3) is 0 Å². The normalized spacial score (nSPS) is 11.8. The molecule has 0 amide bonds. The van der Waals surface area contributed by atoms with E-state index in [1.165, 1.54) is 30.5 Å². The molecule has 4 aromatic rings. The number of aromatic nitrogens is 1. The molecular weight excluding hydrogens is 475 g/mol. The van der Waals surface area contributed by atoms with E-state index in [0.29, 0.717) is 16.9 Å². The first kappa shape index (κ1) is 25.2. The first-order valence-corrected chi connectivity index (χ1v) is 11.2. The van der Waals surface area contributed by atoms with Crippen LogP contribution < -0.4 is 14.9 Å². The molecule has 0 bridgehead atoms. The lowest BCUT2D eigenvalue weighted by Gasteiger charge is -2.15. The zero-order valence-electron chi connectivity index (χ0n) is 19.6. The summed E-state index contributed by atoms with van der Waals surface area (Å²) in [5, 5.41) is 9.77. The number of hydrogen-bond donors (Lipinski definition) is 1. The summed E-state index contributed by atoms with van der Waals surface area (Å²) in [6.45, 7) is 3.14. The predicted octanol–water partition coefficient (Wildman–Crippen LogP) is 5.98. The Morgan fingerprint density at radius 2 is 1.75 bits per heavy atom. The minimum atomic E-state index is -4.58. The third-order valence-electron chi connectivity index (χ3n) is 5.60. The fourth-order valence-corrected chi connectivity index (χ4v) is 3.70. The van der Waals surface area contributed by atoms with E-state index in [2.05, 4.69) is 4.98 Å². The molecule has 0 spiro atoms. The number of aliphatic hydroxyl groups is 1. The average molecular weight is 499 g/mol. The van der Waals surface area contributed by atoms with Crippen LogP contribution in [0.3, 0.4) is 0 Å². The van der Waals surface area contributed by atoms with Crippen molar-refractivity contribution < 1.29 is 32.2 Å². The summed E-state index contributed by atoms with van der Waals surface area (Å²) < 4.78 is 57.6. The highest BCUT2D eigenvalue weighted by Gasteiger charge is 2.34. The van der Waals surface area contributed by atoms with Gasteiger partial charge in [0, 0.05) is 30.3 Å². The molecule has 0 saturated carbocycles. The van der Waals surface area contributed by atoms with Crippen LogP contribution in [0.4, 0.5) is 13.2 Å². The zero-order valence-corrected chi connectivity index (χ0v) is 19.6. The largest absolute Gasteiger partial charge is 0.488 e. The van der Waals surface area contributed by atoms with Crippen molar-refractivity contribution in [2.45, 2.75) is 45.8 Å². The van der Waals surface area contributed by atoms with Crippen molar-refractivity contribution in [1.29, 1.82) is 0 Å². The monoisotopic (exact) mass is 499 g/mol. The first-order valence-electron chi connectivity index (χ1n) is 11.2. The van der Waals surface area contributed by atoms with E-state index in [-0.39, 0.29) is 52.7 Å². The molecule has 2 aromatic carbocycles. The highest BCUT2D eigenvalue weighted by atomic mass is 19.4. The molecule has 0 unspecified atom stereocenters. The van der Waals surface area contributed by atoms with Crippen molar-refractivity contribution in [3.8, 4) is 11.5 Å². The van der Waals surface area contributed by atoms with Crippen LogP contribution in [0.5, 0.6) is 11.5 Å². The van der Waals surface area contributed by atoms with Crippen LogP contribution in [0.1, 0.15) is 47.9 Å². The SMILES string of the molecule is CC(C)c1cc(=O)c2c(OCc3ccccc3CO)cc(OCc3ncccc3C(F)(F)F)cc2o1. The smallest absolute Gasteiger partial charge is 0.418 e. The number of aliphatic hydroxyl groups excluding tert-OH is 1. The van der Waals surface area contributed by atoms with Gasteiger partial charge in [-0.3, -0.25) is 9.78 Å². The van der Waals surface area contributed by atoms with Gasteiger partial charge in [0.2, 0.25) is 0 Å². The van der Waals surface area contributed by atoms with E-state index in [1.807, 2.05) is 13.8 Å². The standard InChI is InChI=1S/C27H24F3NO5/c1-16(2)23-12-22(33)26-24(35-14-18-7-4-3-6-17(18)13-32)10-19(11-25(26)36-23)34-15-21-20(27(28,29)30)8-5-9-31-21/h3-12,16,32H,13-15H2,1-2H3. The number of hydrogen-bond acceptors (Lipinski definition) is 6. The fourth-order valence-electron chi connectivity index (χ4n) is 3.70. The van der Waals surface area contributed by atoms with Gasteiger partial charge in [0.05, 0.1) is 17.9 Å². The van der Waals surface area contributed by atoms with Gasteiger partial charge in [-0.05, 0) is 23.3 Å². The first-order chi connectivity index (χ1) is 17.2. The Labute approximate surface area is 204 Å². The molecule has 6 nitrogen and oxygen atoms in total. The van der Waals surface area contributed by atoms with E-state index < -0.39 is 18.3 Å². The number of benzene rings is 2. The Morgan fingerprint density at radius 3 is 2.44 bits per heavy atom. The van der Waals surface area contributed by atoms with Crippen molar-refractivity contribution in [2.75, 3.05) is 0 Å². The van der Waals surface area contributed by atoms with Crippen molar-refractivity contribution in [3.05, 3.63) is 99.2 Å². The number of halogens is 3. The number of fused-ring (bicyclic) bond motifs is 1. The number of alkyl halides is 3. The lowest BCUT2D eigenvalue weighted by molar-refractivity contribution is -0.138. The van der Waals surface area contributed by atoms with Crippen molar-refractivity contribution in [1.82, 2.24) is 4.98 Å². The van der Waals surface area contributed by atoms with Gasteiger partial charge < -0.3 is 19.0 Å². The third kappa shape index (κ3) is 5.52. The molecule has 36 heavy (non-hydrogen) atoms. The van der Waals surface area contributed by atoms with Crippen molar-refractivity contribution in [2.24, 2.45) is 0 Å². The molecule has 0 saturated heterocycles. The number of rotatable bonds is 8. The fraction of sp³-hybridized carbons (Fsp3) is 0.259. The van der Waals surface area contributed by atoms with E-state index in [9.17, 15) is 23.1 Å². The Bertz CT molecular complexity index is 1430. The number of nitrogens with zero attached hydrogens (tertiary/aromatic N) is 1. The van der Waals surface area contributed by atoms with Gasteiger partial charge >= 0.3 is 6.18 Å². The number of ether oxygens (including phenoxy) is 2. The van der Waals surface area contributed by atoms with Crippen molar-refractivity contribution >= 4 is 11.0 Å². The molecular formula is C27H24F3NO5. The van der Waals surface area contributed by atoms with Gasteiger partial charge in [-0.2, -0.15) is 13.2 Å². The summed E-state index contributed by atoms with van der Waals surface area (Å²) >= 11 is 0. The maximum Gasteiger partial charge on any atom is 0.418 e. The zero-order chi connectivity index (χ0) is 25.9. The van der Waals surface area contributed by atoms with Crippen LogP contribution in [0, 0.1) is 0 Å². The second-order valence-corrected chi connectivity index (χ2v) is 8.46. The minimum absolute atomic E-state index is 0.0408. The Balaban J connectivity index is 1.72. The number of pyridine rings is 1. The lowest BCUT2D eigenvalue weighted by atomic mass is 10.1. The Kier molecular flexibility index (Phi) is 7.30. The van der Waals surface area contributed by atoms with E-state index in [4.69, 9.17) is 13.9 Å². The molecule has 2 aromatic heterocycles. The van der Waals surface area contributed by atoms with Gasteiger partial charge in [-0.15, -0.1) is 0 Å². The molecule has 0 fully saturated rings. The summed E-state index contributed by atoms with van der Waals surface area (Å²) in [5.41, 5.74) is 0.0784. The molecule has 0 atom stereocenters. The molecule has 4 rings (SSSR count). The minimum Gasteiger partial charge on any atom is -0.488 e. The van der Waals surface area contributed by atoms with Gasteiger partial charge in [0.1, 0.15) is 41.4 Å². The maximum atomic E-state index is 13.4. The average Bonchev–Trinajstić information content (AvgIpc) is 2.85. The van der Waals surface area contributed by atoms with E-state index >= 15 is 0 Å². The molecule has 0 aliphatic heterocycles. The van der Waals surface area contributed by atoms with E-state index in [1.54, 1.807) is 24.3 Å². The molecule has 0 radical (unpaired) electrons. The second kappa shape index (κ2) is 10.4. The Hall–Kier alpha value is -3.85. The molecule has 9 heteroatoms. The topological polar surface area (TPSA) is 81.8 Å². The van der Waals surface area contributed by atoms with Crippen molar-refractivity contribution in [3.63, 3.8) is 0 Å². The summed E-state index contributed by atoms with van der Waals surface area (Å²) in [6, 6.07) is 13.5. The maximum absolute atomic E-state index is 13.4. The van der Waals surface area contributed by atoms with Gasteiger partial charge in [-0.25, -0.2) is 0 Å². The summed E-state index contributed by atoms with van der Waals surface area (Å²) in [6.07, 6.45) is -3.32. The van der Waals surface area contributed by atoms with Crippen LogP contribution in [0.15, 0.2) is 70.0 Å². The Morgan fingerprint density at radius 1 is 1.00 bits per heavy atom. The predicted molar refractivity (Wildman–Crippen MR) is 127 cm³/mol. The molecule has 0 aliphatic carbocycles. The molecule has 1 N–H and O–H groups in total. The van der Waals surface area contributed by atoms with Crippen LogP contribution in [-0.4, -0.2) is 10.1 Å². The summed E-state index contributed by atoms with van der Waals surface area (Å²) in [5.74, 6) is 0.674. The van der Waals surface area contributed by atoms with E-state index in [0.717, 1.165) is 6.07 Å². The van der Waals surface area contributed by atoms with Crippen LogP contribution in [0.25, 0.3) is 11.0 Å². The quantitative estimate of drug-likeness (QED) is 0.321. The summed E-state index contributed by atoms with van der Waals surface area (Å²) in [7, 11) is 0. The molecule has 188 valence electrons. The van der Waals surface area contributed by atoms with Crippen LogP contribution >= 0.6 is 0 Å². The van der Waals surface area contributed by atoms with Crippen LogP contribution in [-0.2, 0) is 26.0 Å². The third-order valence-corrected chi connectivity index (χ3v) is 5.60.